The maximum Gasteiger partial charge on any atom is 0.267 e. The number of hydrogen-bond acceptors (Lipinski definition) is 4. The van der Waals surface area contributed by atoms with Gasteiger partial charge in [0.05, 0.1) is 11.3 Å². The van der Waals surface area contributed by atoms with E-state index in [9.17, 15) is 18.0 Å². The molecule has 0 aromatic rings. The van der Waals surface area contributed by atoms with E-state index in [4.69, 9.17) is 4.55 Å². The molecule has 0 rings (SSSR count). The summed E-state index contributed by atoms with van der Waals surface area (Å²) < 4.78 is 29.5. The molecule has 0 atom stereocenters. The number of nitrogens with one attached hydrogen (secondary N) is 1. The molecule has 0 unspecified atom stereocenters. The summed E-state index contributed by atoms with van der Waals surface area (Å²) >= 11 is 0. The van der Waals surface area contributed by atoms with Crippen molar-refractivity contribution in [1.29, 1.82) is 0 Å². The van der Waals surface area contributed by atoms with Crippen LogP contribution < -0.4 is 11.1 Å². The Hall–Kier alpha value is -0.670. The van der Waals surface area contributed by atoms with Crippen molar-refractivity contribution in [3.63, 3.8) is 0 Å². The van der Waals surface area contributed by atoms with Gasteiger partial charge in [0.15, 0.2) is 0 Å². The first-order valence-corrected chi connectivity index (χ1v) is 6.36. The Labute approximate surface area is 135 Å². The fourth-order valence-corrected chi connectivity index (χ4v) is 1.86. The molecule has 19 heavy (non-hydrogen) atoms. The predicted molar refractivity (Wildman–Crippen MR) is 74.0 cm³/mol. The largest absolute Gasteiger partial charge is 0.366 e. The topological polar surface area (TPSA) is 127 Å². The van der Waals surface area contributed by atoms with Gasteiger partial charge in [-0.2, -0.15) is 8.42 Å². The Balaban J connectivity index is -0.000000366. The van der Waals surface area contributed by atoms with Crippen LogP contribution in [0.5, 0.6) is 0 Å². The molecule has 0 saturated heterocycles. The van der Waals surface area contributed by atoms with E-state index in [1.165, 1.54) is 13.8 Å². The first-order chi connectivity index (χ1) is 7.93. The minimum atomic E-state index is -4.08. The molecule has 4 N–H and O–H groups in total. The summed E-state index contributed by atoms with van der Waals surface area (Å²) in [6.45, 7) is 9.28. The Kier molecular flexibility index (Phi) is 12.5. The summed E-state index contributed by atoms with van der Waals surface area (Å²) in [5.41, 5.74) is 3.53. The van der Waals surface area contributed by atoms with Gasteiger partial charge < -0.3 is 11.1 Å². The van der Waals surface area contributed by atoms with Crippen LogP contribution in [0.15, 0.2) is 25.3 Å². The van der Waals surface area contributed by atoms with Gasteiger partial charge in [-0.25, -0.2) is 0 Å². The average Bonchev–Trinajstić information content (AvgIpc) is 2.13. The van der Waals surface area contributed by atoms with Crippen LogP contribution in [0.4, 0.5) is 0 Å². The van der Waals surface area contributed by atoms with Crippen molar-refractivity contribution < 1.29 is 22.6 Å². The van der Waals surface area contributed by atoms with Crippen LogP contribution in [0.25, 0.3) is 0 Å². The molecule has 7 nitrogen and oxygen atoms in total. The van der Waals surface area contributed by atoms with Crippen molar-refractivity contribution in [2.45, 2.75) is 19.4 Å². The minimum Gasteiger partial charge on any atom is -0.366 e. The van der Waals surface area contributed by atoms with Crippen LogP contribution >= 0.6 is 0 Å². The number of hydrogen-bond donors (Lipinski definition) is 3. The number of primary amides is 1. The maximum absolute atomic E-state index is 10.8. The van der Waals surface area contributed by atoms with Gasteiger partial charge in [0, 0.05) is 29.6 Å². The molecule has 2 amide bonds. The van der Waals surface area contributed by atoms with Crippen LogP contribution in [0, 0.1) is 0 Å². The standard InChI is InChI=1S/C7H13NO4S.C3H5NO.Na/c1-4-6(9)8-7(2,3)5-13(10,11)12;1-2-3(4)5;/h4H,1,5H2,2-3H3,(H,8,9)(H,10,11,12);2H,1H2,(H2,4,5);. The Bertz CT molecular complexity index is 431. The number of amides is 2. The second-order valence-corrected chi connectivity index (χ2v) is 5.36. The van der Waals surface area contributed by atoms with E-state index in [0.29, 0.717) is 0 Å². The van der Waals surface area contributed by atoms with E-state index in [1.807, 2.05) is 0 Å². The zero-order chi connectivity index (χ0) is 15.0. The summed E-state index contributed by atoms with van der Waals surface area (Å²) in [7, 11) is -4.08. The predicted octanol–water partition coefficient (Wildman–Crippen LogP) is -0.768. The molecular formula is C10H18N2NaO5S. The molecule has 0 aliphatic carbocycles. The summed E-state index contributed by atoms with van der Waals surface area (Å²) in [5.74, 6) is -1.49. The average molecular weight is 301 g/mol. The third-order valence-corrected chi connectivity index (χ3v) is 2.48. The minimum absolute atomic E-state index is 0. The number of nitrogens with two attached hydrogens (primary N) is 1. The Morgan fingerprint density at radius 2 is 1.68 bits per heavy atom. The molecule has 0 bridgehead atoms. The molecule has 1 radical (unpaired) electrons. The maximum atomic E-state index is 10.8. The van der Waals surface area contributed by atoms with Crippen LogP contribution in [-0.4, -0.2) is 65.6 Å². The van der Waals surface area contributed by atoms with Gasteiger partial charge in [-0.05, 0) is 26.0 Å². The summed E-state index contributed by atoms with van der Waals surface area (Å²) in [6.07, 6.45) is 2.09. The van der Waals surface area contributed by atoms with E-state index in [2.05, 4.69) is 24.2 Å². The molecule has 0 saturated carbocycles. The van der Waals surface area contributed by atoms with Crippen LogP contribution in [-0.2, 0) is 19.7 Å². The van der Waals surface area contributed by atoms with Crippen molar-refractivity contribution in [2.75, 3.05) is 5.75 Å². The normalized spacial score (nSPS) is 10.1. The van der Waals surface area contributed by atoms with Gasteiger partial charge >= 0.3 is 0 Å². The number of rotatable bonds is 5. The van der Waals surface area contributed by atoms with Gasteiger partial charge in [0.1, 0.15) is 0 Å². The van der Waals surface area contributed by atoms with Gasteiger partial charge in [-0.15, -0.1) is 0 Å². The van der Waals surface area contributed by atoms with Gasteiger partial charge in [-0.1, -0.05) is 13.2 Å². The van der Waals surface area contributed by atoms with E-state index in [-0.39, 0.29) is 29.6 Å². The van der Waals surface area contributed by atoms with Crippen molar-refractivity contribution in [1.82, 2.24) is 5.32 Å². The molecule has 0 spiro atoms. The molecule has 105 valence electrons. The van der Waals surface area contributed by atoms with E-state index in [1.54, 1.807) is 0 Å². The van der Waals surface area contributed by atoms with Crippen LogP contribution in [0.2, 0.25) is 0 Å². The fraction of sp³-hybridized carbons (Fsp3) is 0.400. The summed E-state index contributed by atoms with van der Waals surface area (Å²) in [4.78, 5) is 20.3. The molecule has 0 aliphatic heterocycles. The second kappa shape index (κ2) is 10.2. The van der Waals surface area contributed by atoms with Crippen molar-refractivity contribution in [3.8, 4) is 0 Å². The zero-order valence-electron chi connectivity index (χ0n) is 11.3. The Morgan fingerprint density at radius 1 is 1.32 bits per heavy atom. The monoisotopic (exact) mass is 301 g/mol. The first kappa shape index (κ1) is 23.4. The summed E-state index contributed by atoms with van der Waals surface area (Å²) in [6, 6.07) is 0. The molecule has 0 fully saturated rings. The number of carbonyl (C=O) groups is 2. The SMILES string of the molecule is C=CC(=O)NC(C)(C)CS(=O)(=O)O.C=CC(N)=O.[Na]. The van der Waals surface area contributed by atoms with Crippen LogP contribution in [0.1, 0.15) is 13.8 Å². The zero-order valence-corrected chi connectivity index (χ0v) is 14.2. The van der Waals surface area contributed by atoms with E-state index < -0.39 is 33.2 Å². The van der Waals surface area contributed by atoms with E-state index >= 15 is 0 Å². The summed E-state index contributed by atoms with van der Waals surface area (Å²) in [5, 5.41) is 2.37. The second-order valence-electron chi connectivity index (χ2n) is 3.91. The van der Waals surface area contributed by atoms with Crippen molar-refractivity contribution in [2.24, 2.45) is 5.73 Å². The first-order valence-electron chi connectivity index (χ1n) is 4.75. The third-order valence-electron chi connectivity index (χ3n) is 1.39. The molecule has 0 aromatic carbocycles. The van der Waals surface area contributed by atoms with Gasteiger partial charge in [0.2, 0.25) is 11.8 Å². The molecule has 0 aliphatic rings. The van der Waals surface area contributed by atoms with Gasteiger partial charge in [-0.3, -0.25) is 14.1 Å². The smallest absolute Gasteiger partial charge is 0.267 e. The van der Waals surface area contributed by atoms with Crippen molar-refractivity contribution in [3.05, 3.63) is 25.3 Å². The third kappa shape index (κ3) is 19.8. The van der Waals surface area contributed by atoms with Crippen molar-refractivity contribution >= 4 is 51.5 Å². The molecule has 0 heterocycles. The van der Waals surface area contributed by atoms with Crippen LogP contribution in [0.3, 0.4) is 0 Å². The fourth-order valence-electron chi connectivity index (χ4n) is 0.877. The molecular weight excluding hydrogens is 283 g/mol. The van der Waals surface area contributed by atoms with E-state index in [0.717, 1.165) is 12.2 Å². The molecule has 0 aromatic heterocycles. The Morgan fingerprint density at radius 3 is 1.89 bits per heavy atom. The number of carbonyl (C=O) groups excluding carboxylic acids is 2. The quantitative estimate of drug-likeness (QED) is 0.349. The van der Waals surface area contributed by atoms with Gasteiger partial charge in [0.25, 0.3) is 10.1 Å². The molecule has 9 heteroatoms.